The Morgan fingerprint density at radius 1 is 1.28 bits per heavy atom. The van der Waals surface area contributed by atoms with Crippen LogP contribution in [-0.2, 0) is 20.7 Å². The Morgan fingerprint density at radius 3 is 2.33 bits per heavy atom. The van der Waals surface area contributed by atoms with Crippen molar-refractivity contribution in [2.24, 2.45) is 5.73 Å². The van der Waals surface area contributed by atoms with Crippen LogP contribution in [0.25, 0.3) is 0 Å². The third-order valence-electron chi connectivity index (χ3n) is 2.24. The number of hydrogen-bond donors (Lipinski definition) is 3. The van der Waals surface area contributed by atoms with Gasteiger partial charge in [-0.2, -0.15) is 0 Å². The van der Waals surface area contributed by atoms with Crippen LogP contribution in [0.5, 0.6) is 5.75 Å². The van der Waals surface area contributed by atoms with E-state index in [-0.39, 0.29) is 12.2 Å². The average Bonchev–Trinajstić information content (AvgIpc) is 2.31. The summed E-state index contributed by atoms with van der Waals surface area (Å²) in [5, 5.41) is 18.0. The number of carbonyl (C=O) groups excluding carboxylic acids is 2. The molecule has 6 heteroatoms. The minimum atomic E-state index is -1.37. The van der Waals surface area contributed by atoms with Gasteiger partial charge in [-0.3, -0.25) is 0 Å². The summed E-state index contributed by atoms with van der Waals surface area (Å²) in [4.78, 5) is 22.4. The molecule has 0 saturated heterocycles. The molecule has 0 spiro atoms. The molecule has 18 heavy (non-hydrogen) atoms. The van der Waals surface area contributed by atoms with Crippen molar-refractivity contribution >= 4 is 11.9 Å². The molecule has 0 aliphatic rings. The van der Waals surface area contributed by atoms with E-state index in [1.165, 1.54) is 19.1 Å². The minimum Gasteiger partial charge on any atom is -0.508 e. The third-order valence-corrected chi connectivity index (χ3v) is 2.24. The SMILES string of the molecule is CC(O)C(=O)OC(=O)[C@@H](N)Cc1ccc(O)cc1. The first-order chi connectivity index (χ1) is 8.40. The summed E-state index contributed by atoms with van der Waals surface area (Å²) >= 11 is 0. The van der Waals surface area contributed by atoms with Gasteiger partial charge >= 0.3 is 11.9 Å². The highest BCUT2D eigenvalue weighted by atomic mass is 16.6. The van der Waals surface area contributed by atoms with E-state index in [9.17, 15) is 9.59 Å². The number of rotatable bonds is 4. The standard InChI is InChI=1S/C12H15NO5/c1-7(14)11(16)18-12(17)10(13)6-8-2-4-9(15)5-3-8/h2-5,7,10,14-15H,6,13H2,1H3/t7?,10-/m0/s1. The van der Waals surface area contributed by atoms with Crippen molar-refractivity contribution in [3.05, 3.63) is 29.8 Å². The number of aliphatic hydroxyl groups excluding tert-OH is 1. The molecular formula is C12H15NO5. The lowest BCUT2D eigenvalue weighted by Gasteiger charge is -2.11. The molecule has 6 nitrogen and oxygen atoms in total. The maximum atomic E-state index is 11.4. The van der Waals surface area contributed by atoms with Crippen molar-refractivity contribution in [2.45, 2.75) is 25.5 Å². The van der Waals surface area contributed by atoms with Crippen molar-refractivity contribution in [1.29, 1.82) is 0 Å². The predicted octanol–water partition coefficient (Wildman–Crippen LogP) is -0.287. The minimum absolute atomic E-state index is 0.110. The topological polar surface area (TPSA) is 110 Å². The van der Waals surface area contributed by atoms with Crippen LogP contribution in [0.2, 0.25) is 0 Å². The monoisotopic (exact) mass is 253 g/mol. The van der Waals surface area contributed by atoms with Crippen LogP contribution in [0.3, 0.4) is 0 Å². The number of aliphatic hydroxyl groups is 1. The smallest absolute Gasteiger partial charge is 0.342 e. The number of hydrogen-bond acceptors (Lipinski definition) is 6. The van der Waals surface area contributed by atoms with Crippen LogP contribution in [0, 0.1) is 0 Å². The van der Waals surface area contributed by atoms with Gasteiger partial charge in [-0.1, -0.05) is 12.1 Å². The largest absolute Gasteiger partial charge is 0.508 e. The van der Waals surface area contributed by atoms with Gasteiger partial charge in [-0.15, -0.1) is 0 Å². The molecule has 0 bridgehead atoms. The zero-order valence-corrected chi connectivity index (χ0v) is 9.87. The van der Waals surface area contributed by atoms with Crippen LogP contribution in [0.4, 0.5) is 0 Å². The predicted molar refractivity (Wildman–Crippen MR) is 62.6 cm³/mol. The van der Waals surface area contributed by atoms with Crippen LogP contribution >= 0.6 is 0 Å². The zero-order chi connectivity index (χ0) is 13.7. The van der Waals surface area contributed by atoms with Gasteiger partial charge in [0.15, 0.2) is 0 Å². The normalized spacial score (nSPS) is 13.7. The molecule has 0 heterocycles. The number of aromatic hydroxyl groups is 1. The number of phenolic OH excluding ortho intramolecular Hbond substituents is 1. The maximum Gasteiger partial charge on any atom is 0.342 e. The number of nitrogens with two attached hydrogens (primary N) is 1. The lowest BCUT2D eigenvalue weighted by atomic mass is 10.1. The van der Waals surface area contributed by atoms with Crippen molar-refractivity contribution in [3.8, 4) is 5.75 Å². The molecule has 1 unspecified atom stereocenters. The van der Waals surface area contributed by atoms with Crippen LogP contribution in [-0.4, -0.2) is 34.3 Å². The fourth-order valence-electron chi connectivity index (χ4n) is 1.23. The van der Waals surface area contributed by atoms with Gasteiger partial charge in [-0.25, -0.2) is 9.59 Å². The van der Waals surface area contributed by atoms with Gasteiger partial charge < -0.3 is 20.7 Å². The Kier molecular flexibility index (Phi) is 4.82. The summed E-state index contributed by atoms with van der Waals surface area (Å²) in [6.07, 6.45) is -1.19. The Balaban J connectivity index is 2.54. The third kappa shape index (κ3) is 4.15. The van der Waals surface area contributed by atoms with Crippen LogP contribution < -0.4 is 5.73 Å². The van der Waals surface area contributed by atoms with E-state index in [2.05, 4.69) is 4.74 Å². The molecule has 0 radical (unpaired) electrons. The zero-order valence-electron chi connectivity index (χ0n) is 9.87. The van der Waals surface area contributed by atoms with Crippen molar-refractivity contribution in [2.75, 3.05) is 0 Å². The first kappa shape index (κ1) is 14.1. The fraction of sp³-hybridized carbons (Fsp3) is 0.333. The molecule has 98 valence electrons. The van der Waals surface area contributed by atoms with Gasteiger partial charge in [-0.05, 0) is 31.0 Å². The highest BCUT2D eigenvalue weighted by molar-refractivity contribution is 5.90. The highest BCUT2D eigenvalue weighted by Crippen LogP contribution is 2.11. The summed E-state index contributed by atoms with van der Waals surface area (Å²) in [7, 11) is 0. The van der Waals surface area contributed by atoms with Gasteiger partial charge in [0.25, 0.3) is 0 Å². The van der Waals surface area contributed by atoms with E-state index in [1.54, 1.807) is 12.1 Å². The molecule has 4 N–H and O–H groups in total. The number of benzene rings is 1. The lowest BCUT2D eigenvalue weighted by Crippen LogP contribution is -2.37. The van der Waals surface area contributed by atoms with E-state index in [4.69, 9.17) is 15.9 Å². The van der Waals surface area contributed by atoms with Gasteiger partial charge in [0, 0.05) is 0 Å². The first-order valence-corrected chi connectivity index (χ1v) is 5.37. The van der Waals surface area contributed by atoms with E-state index in [0.717, 1.165) is 5.56 Å². The molecule has 1 aromatic carbocycles. The van der Waals surface area contributed by atoms with E-state index in [0.29, 0.717) is 0 Å². The van der Waals surface area contributed by atoms with Gasteiger partial charge in [0.2, 0.25) is 0 Å². The van der Waals surface area contributed by atoms with Gasteiger partial charge in [0.05, 0.1) is 0 Å². The molecule has 1 aromatic rings. The molecule has 0 aliphatic heterocycles. The Labute approximate surface area is 104 Å². The van der Waals surface area contributed by atoms with E-state index in [1.807, 2.05) is 0 Å². The molecule has 0 fully saturated rings. The molecular weight excluding hydrogens is 238 g/mol. The molecule has 0 amide bonds. The second-order valence-electron chi connectivity index (χ2n) is 3.89. The van der Waals surface area contributed by atoms with E-state index >= 15 is 0 Å². The molecule has 0 saturated carbocycles. The van der Waals surface area contributed by atoms with Crippen molar-refractivity contribution in [1.82, 2.24) is 0 Å². The maximum absolute atomic E-state index is 11.4. The quantitative estimate of drug-likeness (QED) is 0.502. The first-order valence-electron chi connectivity index (χ1n) is 5.37. The van der Waals surface area contributed by atoms with Crippen LogP contribution in [0.1, 0.15) is 12.5 Å². The number of esters is 2. The average molecular weight is 253 g/mol. The Bertz CT molecular complexity index is 427. The summed E-state index contributed by atoms with van der Waals surface area (Å²) in [6, 6.07) is 5.15. The molecule has 2 atom stereocenters. The van der Waals surface area contributed by atoms with Gasteiger partial charge in [0.1, 0.15) is 17.9 Å². The summed E-state index contributed by atoms with van der Waals surface area (Å²) in [6.45, 7) is 1.20. The molecule has 1 rings (SSSR count). The summed E-state index contributed by atoms with van der Waals surface area (Å²) in [5.41, 5.74) is 6.29. The van der Waals surface area contributed by atoms with Crippen LogP contribution in [0.15, 0.2) is 24.3 Å². The second-order valence-corrected chi connectivity index (χ2v) is 3.89. The number of ether oxygens (including phenoxy) is 1. The number of carbonyl (C=O) groups is 2. The fourth-order valence-corrected chi connectivity index (χ4v) is 1.23. The van der Waals surface area contributed by atoms with E-state index < -0.39 is 24.1 Å². The Morgan fingerprint density at radius 2 is 1.83 bits per heavy atom. The van der Waals surface area contributed by atoms with Crippen molar-refractivity contribution < 1.29 is 24.5 Å². The second kappa shape index (κ2) is 6.13. The highest BCUT2D eigenvalue weighted by Gasteiger charge is 2.21. The number of phenols is 1. The summed E-state index contributed by atoms with van der Waals surface area (Å²) in [5.74, 6) is -1.81. The Hall–Kier alpha value is -1.92. The van der Waals surface area contributed by atoms with Crippen molar-refractivity contribution in [3.63, 3.8) is 0 Å². The lowest BCUT2D eigenvalue weighted by molar-refractivity contribution is -0.166. The molecule has 0 aliphatic carbocycles. The molecule has 0 aromatic heterocycles. The summed E-state index contributed by atoms with van der Waals surface area (Å²) < 4.78 is 4.37.